The summed E-state index contributed by atoms with van der Waals surface area (Å²) in [6.45, 7) is 0. The fraction of sp³-hybridized carbons (Fsp3) is 0.0361. The molecule has 0 aliphatic heterocycles. The highest BCUT2D eigenvalue weighted by atomic mass is 127. The number of alkyl halides is 2. The summed E-state index contributed by atoms with van der Waals surface area (Å²) in [4.78, 5) is 3.94. The zero-order chi connectivity index (χ0) is 60.2. The Hall–Kier alpha value is -8.85. The van der Waals surface area contributed by atoms with E-state index < -0.39 is 0 Å². The molecule has 0 aliphatic carbocycles. The third-order valence-corrected chi connectivity index (χ3v) is 15.4. The topological polar surface area (TPSA) is 26.0 Å². The molecule has 14 aromatic rings. The first-order valence-electron chi connectivity index (χ1n) is 29.0. The molecule has 0 unspecified atom stereocenters. The summed E-state index contributed by atoms with van der Waals surface area (Å²) in [6, 6.07) is 120. The quantitative estimate of drug-likeness (QED) is 0.0824. The predicted molar refractivity (Wildman–Crippen MR) is 396 cm³/mol. The highest BCUT2D eigenvalue weighted by molar-refractivity contribution is 14.1. The Balaban J connectivity index is 0.000000154. The van der Waals surface area contributed by atoms with Crippen molar-refractivity contribution in [2.45, 2.75) is 6.42 Å². The second-order valence-electron chi connectivity index (χ2n) is 20.8. The van der Waals surface area contributed by atoms with Gasteiger partial charge in [0.1, 0.15) is 0 Å². The number of hydrogen-bond donors (Lipinski definition) is 1. The molecular formula is C83H66ClI2N. The molecule has 0 aliphatic rings. The van der Waals surface area contributed by atoms with Crippen molar-refractivity contribution < 1.29 is 0 Å². The molecule has 87 heavy (non-hydrogen) atoms. The van der Waals surface area contributed by atoms with E-state index in [0.717, 1.165) is 28.3 Å². The van der Waals surface area contributed by atoms with Gasteiger partial charge in [0.2, 0.25) is 0 Å². The van der Waals surface area contributed by atoms with Crippen LogP contribution >= 0.6 is 56.8 Å². The van der Waals surface area contributed by atoms with Gasteiger partial charge in [-0.1, -0.05) is 348 Å². The molecule has 14 rings (SSSR count). The van der Waals surface area contributed by atoms with Crippen molar-refractivity contribution in [1.82, 2.24) is 0 Å². The van der Waals surface area contributed by atoms with Crippen LogP contribution in [0.5, 0.6) is 0 Å². The molecule has 0 bridgehead atoms. The fourth-order valence-electron chi connectivity index (χ4n) is 11.0. The van der Waals surface area contributed by atoms with Gasteiger partial charge < -0.3 is 5.73 Å². The van der Waals surface area contributed by atoms with Gasteiger partial charge in [0.05, 0.1) is 0 Å². The smallest absolute Gasteiger partial charge is 0.0406 e. The van der Waals surface area contributed by atoms with Crippen LogP contribution in [-0.2, 0) is 6.42 Å². The van der Waals surface area contributed by atoms with Crippen LogP contribution in [0.3, 0.4) is 0 Å². The lowest BCUT2D eigenvalue weighted by Crippen LogP contribution is -1.92. The SMILES string of the molecule is CI.CI.Clc1ccc(-c2ccc3cccc(-c4ccccc4)c3c2)cc1.Nc1cc(-c2ccccc2)cc(-c2ccccc2)c1.c1ccc(-c2cc(Cc3ccc(-c4ccc5cccc(-c6ccccc6)c5c4)cc3)cc(-c3ccccc3)c2)cc1. The summed E-state index contributed by atoms with van der Waals surface area (Å²) < 4.78 is 0. The lowest BCUT2D eigenvalue weighted by molar-refractivity contribution is 1.19. The third kappa shape index (κ3) is 16.0. The van der Waals surface area contributed by atoms with Gasteiger partial charge in [-0.05, 0) is 186 Å². The fourth-order valence-corrected chi connectivity index (χ4v) is 11.1. The number of fused-ring (bicyclic) bond motifs is 2. The summed E-state index contributed by atoms with van der Waals surface area (Å²) in [6.07, 6.45) is 0.886. The van der Waals surface area contributed by atoms with Crippen LogP contribution in [0.2, 0.25) is 5.02 Å². The van der Waals surface area contributed by atoms with Gasteiger partial charge in [-0.3, -0.25) is 0 Å². The van der Waals surface area contributed by atoms with Crippen molar-refractivity contribution in [3.05, 3.63) is 356 Å². The van der Waals surface area contributed by atoms with E-state index in [-0.39, 0.29) is 0 Å². The van der Waals surface area contributed by atoms with Gasteiger partial charge in [0, 0.05) is 10.7 Å². The molecule has 0 atom stereocenters. The Bertz CT molecular complexity index is 4310. The zero-order valence-corrected chi connectivity index (χ0v) is 53.8. The van der Waals surface area contributed by atoms with E-state index in [1.165, 1.54) is 111 Å². The number of halogens is 3. The molecule has 14 aromatic carbocycles. The first-order chi connectivity index (χ1) is 42.9. The molecule has 424 valence electrons. The van der Waals surface area contributed by atoms with Crippen molar-refractivity contribution in [2.24, 2.45) is 0 Å². The van der Waals surface area contributed by atoms with Crippen molar-refractivity contribution in [2.75, 3.05) is 15.6 Å². The van der Waals surface area contributed by atoms with Gasteiger partial charge in [0.25, 0.3) is 0 Å². The number of anilines is 1. The van der Waals surface area contributed by atoms with E-state index in [0.29, 0.717) is 0 Å². The monoisotopic (exact) mass is 1370 g/mol. The molecule has 0 fully saturated rings. The highest BCUT2D eigenvalue weighted by Gasteiger charge is 2.11. The van der Waals surface area contributed by atoms with Crippen molar-refractivity contribution in [3.8, 4) is 89.0 Å². The van der Waals surface area contributed by atoms with E-state index in [1.807, 2.05) is 76.6 Å². The predicted octanol–water partition coefficient (Wildman–Crippen LogP) is 24.6. The van der Waals surface area contributed by atoms with Crippen LogP contribution < -0.4 is 5.73 Å². The molecule has 1 nitrogen and oxygen atoms in total. The van der Waals surface area contributed by atoms with Crippen LogP contribution in [0.1, 0.15) is 11.1 Å². The van der Waals surface area contributed by atoms with Crippen LogP contribution in [0.15, 0.2) is 340 Å². The largest absolute Gasteiger partial charge is 0.399 e. The standard InChI is InChI=1S/C41H30.C22H15Cl.C18H15N.2CH3I/c1-4-11-32(12-5-1)38-26-31(27-39(28-38)33-13-6-2-7-14-33)25-30-19-21-34(22-20-30)37-24-23-36-17-10-18-40(41(36)29-37)35-15-8-3-9-16-35;23-20-13-11-16(12-14-20)19-10-9-18-7-4-8-21(22(18)15-19)17-5-2-1-3-6-17;19-18-12-16(14-7-3-1-4-8-14)11-17(13-18)15-9-5-2-6-10-15;2*1-2/h1-24,26-29H,25H2;1-15H;1-13H,19H2;2*1H3. The van der Waals surface area contributed by atoms with E-state index in [4.69, 9.17) is 17.3 Å². The van der Waals surface area contributed by atoms with Crippen LogP contribution in [0.4, 0.5) is 5.69 Å². The second-order valence-corrected chi connectivity index (χ2v) is 21.3. The van der Waals surface area contributed by atoms with Gasteiger partial charge >= 0.3 is 0 Å². The number of rotatable bonds is 10. The molecule has 4 heteroatoms. The van der Waals surface area contributed by atoms with Crippen LogP contribution in [0, 0.1) is 0 Å². The molecule has 0 saturated heterocycles. The maximum atomic E-state index is 6.03. The first-order valence-corrected chi connectivity index (χ1v) is 33.7. The van der Waals surface area contributed by atoms with Crippen molar-refractivity contribution in [1.29, 1.82) is 0 Å². The average Bonchev–Trinajstić information content (AvgIpc) is 3.52. The molecule has 0 amide bonds. The number of hydrogen-bond acceptors (Lipinski definition) is 1. The van der Waals surface area contributed by atoms with E-state index in [9.17, 15) is 0 Å². The minimum absolute atomic E-state index is 0.763. The van der Waals surface area contributed by atoms with Gasteiger partial charge in [-0.2, -0.15) is 0 Å². The lowest BCUT2D eigenvalue weighted by Gasteiger charge is -2.12. The summed E-state index contributed by atoms with van der Waals surface area (Å²) in [5.41, 5.74) is 29.0. The Kier molecular flexibility index (Phi) is 21.8. The number of nitrogens with two attached hydrogens (primary N) is 1. The maximum Gasteiger partial charge on any atom is 0.0406 e. The van der Waals surface area contributed by atoms with E-state index >= 15 is 0 Å². The van der Waals surface area contributed by atoms with Gasteiger partial charge in [-0.15, -0.1) is 0 Å². The number of nitrogen functional groups attached to an aromatic ring is 1. The average molecular weight is 1370 g/mol. The maximum absolute atomic E-state index is 6.03. The second kappa shape index (κ2) is 31.0. The summed E-state index contributed by atoms with van der Waals surface area (Å²) in [5, 5.41) is 5.83. The first kappa shape index (κ1) is 61.2. The van der Waals surface area contributed by atoms with Crippen LogP contribution in [0.25, 0.3) is 111 Å². The Morgan fingerprint density at radius 1 is 0.241 bits per heavy atom. The molecular weight excluding hydrogens is 1300 g/mol. The zero-order valence-electron chi connectivity index (χ0n) is 48.7. The molecule has 0 radical (unpaired) electrons. The summed E-state index contributed by atoms with van der Waals surface area (Å²) in [7, 11) is 0. The Labute approximate surface area is 546 Å². The highest BCUT2D eigenvalue weighted by Crippen LogP contribution is 2.36. The third-order valence-electron chi connectivity index (χ3n) is 15.2. The molecule has 0 spiro atoms. The minimum Gasteiger partial charge on any atom is -0.399 e. The number of benzene rings is 14. The Morgan fingerprint density at radius 3 is 0.897 bits per heavy atom. The van der Waals surface area contributed by atoms with Crippen molar-refractivity contribution in [3.63, 3.8) is 0 Å². The minimum atomic E-state index is 0.763. The van der Waals surface area contributed by atoms with Gasteiger partial charge in [0.15, 0.2) is 0 Å². The van der Waals surface area contributed by atoms with E-state index in [2.05, 4.69) is 318 Å². The van der Waals surface area contributed by atoms with Crippen LogP contribution in [-0.4, -0.2) is 9.86 Å². The summed E-state index contributed by atoms with van der Waals surface area (Å²) >= 11 is 10.3. The Morgan fingerprint density at radius 2 is 0.540 bits per heavy atom. The molecule has 0 heterocycles. The van der Waals surface area contributed by atoms with Crippen molar-refractivity contribution >= 4 is 84.0 Å². The van der Waals surface area contributed by atoms with Gasteiger partial charge in [-0.25, -0.2) is 0 Å². The normalized spacial score (nSPS) is 10.4. The lowest BCUT2D eigenvalue weighted by atomic mass is 9.92. The molecule has 0 aromatic heterocycles. The molecule has 2 N–H and O–H groups in total. The summed E-state index contributed by atoms with van der Waals surface area (Å²) in [5.74, 6) is 0. The van der Waals surface area contributed by atoms with E-state index in [1.54, 1.807) is 0 Å². The molecule has 0 saturated carbocycles.